The maximum atomic E-state index is 10.5. The third-order valence-corrected chi connectivity index (χ3v) is 1.61. The van der Waals surface area contributed by atoms with Crippen molar-refractivity contribution < 1.29 is 14.6 Å². The van der Waals surface area contributed by atoms with Crippen LogP contribution in [0.2, 0.25) is 0 Å². The number of carbonyl (C=O) groups excluding carboxylic acids is 1. The largest absolute Gasteiger partial charge is 0.504 e. The van der Waals surface area contributed by atoms with Crippen LogP contribution in [0.1, 0.15) is 15.9 Å². The highest BCUT2D eigenvalue weighted by atomic mass is 16.5. The summed E-state index contributed by atoms with van der Waals surface area (Å²) in [6, 6.07) is 4.46. The number of nitriles is 1. The molecule has 0 bridgehead atoms. The summed E-state index contributed by atoms with van der Waals surface area (Å²) in [6.45, 7) is 0. The van der Waals surface area contributed by atoms with Crippen molar-refractivity contribution in [1.82, 2.24) is 0 Å². The number of nitrogens with zero attached hydrogens (tertiary/aromatic N) is 1. The Bertz CT molecular complexity index is 379. The lowest BCUT2D eigenvalue weighted by Gasteiger charge is -2.05. The van der Waals surface area contributed by atoms with Gasteiger partial charge in [0.2, 0.25) is 0 Å². The van der Waals surface area contributed by atoms with E-state index in [4.69, 9.17) is 10.00 Å². The molecule has 4 heteroatoms. The first-order valence-electron chi connectivity index (χ1n) is 3.49. The Hall–Kier alpha value is -2.02. The minimum atomic E-state index is -0.148. The Morgan fingerprint density at radius 1 is 1.62 bits per heavy atom. The standard InChI is InChI=1S/C9H7NO3/c1-13-9-7(4-10)6(5-11)2-3-8(9)12/h2-3,5,12H,1H3. The summed E-state index contributed by atoms with van der Waals surface area (Å²) in [6.07, 6.45) is 0.542. The predicted molar refractivity (Wildman–Crippen MR) is 44.8 cm³/mol. The van der Waals surface area contributed by atoms with E-state index in [1.807, 2.05) is 0 Å². The summed E-state index contributed by atoms with van der Waals surface area (Å²) >= 11 is 0. The predicted octanol–water partition coefficient (Wildman–Crippen LogP) is 1.08. The fraction of sp³-hybridized carbons (Fsp3) is 0.111. The molecule has 0 saturated heterocycles. The molecule has 66 valence electrons. The Balaban J connectivity index is 3.47. The average Bonchev–Trinajstić information content (AvgIpc) is 2.17. The van der Waals surface area contributed by atoms with Gasteiger partial charge in [-0.3, -0.25) is 4.79 Å². The highest BCUT2D eigenvalue weighted by Gasteiger charge is 2.12. The van der Waals surface area contributed by atoms with Gasteiger partial charge in [-0.2, -0.15) is 5.26 Å². The molecule has 1 aromatic carbocycles. The van der Waals surface area contributed by atoms with Gasteiger partial charge in [-0.05, 0) is 12.1 Å². The fourth-order valence-corrected chi connectivity index (χ4v) is 1.01. The third kappa shape index (κ3) is 1.44. The molecule has 0 spiro atoms. The Morgan fingerprint density at radius 3 is 2.77 bits per heavy atom. The molecule has 0 saturated carbocycles. The van der Waals surface area contributed by atoms with Gasteiger partial charge >= 0.3 is 0 Å². The minimum Gasteiger partial charge on any atom is -0.504 e. The van der Waals surface area contributed by atoms with E-state index in [0.29, 0.717) is 6.29 Å². The maximum absolute atomic E-state index is 10.5. The number of hydrogen-bond acceptors (Lipinski definition) is 4. The molecule has 1 aromatic rings. The molecule has 13 heavy (non-hydrogen) atoms. The summed E-state index contributed by atoms with van der Waals surface area (Å²) in [4.78, 5) is 10.5. The summed E-state index contributed by atoms with van der Waals surface area (Å²) in [7, 11) is 1.32. The third-order valence-electron chi connectivity index (χ3n) is 1.61. The number of rotatable bonds is 2. The van der Waals surface area contributed by atoms with Gasteiger partial charge in [0, 0.05) is 5.56 Å². The van der Waals surface area contributed by atoms with Crippen LogP contribution in [0.4, 0.5) is 0 Å². The van der Waals surface area contributed by atoms with Crippen molar-refractivity contribution in [3.05, 3.63) is 23.3 Å². The van der Waals surface area contributed by atoms with Gasteiger partial charge in [0.15, 0.2) is 17.8 Å². The lowest BCUT2D eigenvalue weighted by Crippen LogP contribution is -1.93. The lowest BCUT2D eigenvalue weighted by molar-refractivity contribution is 0.112. The molecule has 0 amide bonds. The van der Waals surface area contributed by atoms with Crippen molar-refractivity contribution >= 4 is 6.29 Å². The van der Waals surface area contributed by atoms with Crippen LogP contribution in [-0.2, 0) is 0 Å². The van der Waals surface area contributed by atoms with Gasteiger partial charge in [-0.1, -0.05) is 0 Å². The van der Waals surface area contributed by atoms with Crippen LogP contribution in [0, 0.1) is 11.3 Å². The van der Waals surface area contributed by atoms with Crippen LogP contribution in [0.5, 0.6) is 11.5 Å². The normalized spacial score (nSPS) is 8.92. The van der Waals surface area contributed by atoms with E-state index in [-0.39, 0.29) is 22.6 Å². The van der Waals surface area contributed by atoms with Crippen molar-refractivity contribution in [3.8, 4) is 17.6 Å². The molecule has 0 aliphatic carbocycles. The molecule has 0 fully saturated rings. The topological polar surface area (TPSA) is 70.3 Å². The van der Waals surface area contributed by atoms with E-state index in [2.05, 4.69) is 0 Å². The molecule has 1 N–H and O–H groups in total. The smallest absolute Gasteiger partial charge is 0.179 e. The molecule has 1 rings (SSSR count). The van der Waals surface area contributed by atoms with Crippen LogP contribution in [0.25, 0.3) is 0 Å². The summed E-state index contributed by atoms with van der Waals surface area (Å²) in [5.41, 5.74) is 0.259. The van der Waals surface area contributed by atoms with Crippen molar-refractivity contribution in [3.63, 3.8) is 0 Å². The van der Waals surface area contributed by atoms with Gasteiger partial charge in [0.05, 0.1) is 7.11 Å². The second-order valence-electron chi connectivity index (χ2n) is 2.31. The first-order valence-corrected chi connectivity index (χ1v) is 3.49. The van der Waals surface area contributed by atoms with Gasteiger partial charge in [-0.25, -0.2) is 0 Å². The zero-order chi connectivity index (χ0) is 9.84. The molecule has 0 aliphatic rings. The van der Waals surface area contributed by atoms with E-state index in [0.717, 1.165) is 0 Å². The Morgan fingerprint density at radius 2 is 2.31 bits per heavy atom. The van der Waals surface area contributed by atoms with E-state index in [1.165, 1.54) is 19.2 Å². The van der Waals surface area contributed by atoms with Crippen LogP contribution in [-0.4, -0.2) is 18.5 Å². The summed E-state index contributed by atoms with van der Waals surface area (Å²) in [5.74, 6) is -0.114. The number of phenolic OH excluding ortho intramolecular Hbond substituents is 1. The minimum absolute atomic E-state index is 0.0344. The van der Waals surface area contributed by atoms with Crippen LogP contribution in [0.3, 0.4) is 0 Å². The quantitative estimate of drug-likeness (QED) is 0.686. The SMILES string of the molecule is COc1c(O)ccc(C=O)c1C#N. The molecule has 0 aromatic heterocycles. The molecular formula is C9H7NO3. The second-order valence-corrected chi connectivity index (χ2v) is 2.31. The lowest BCUT2D eigenvalue weighted by atomic mass is 10.1. The molecule has 0 atom stereocenters. The maximum Gasteiger partial charge on any atom is 0.179 e. The monoisotopic (exact) mass is 177 g/mol. The first kappa shape index (κ1) is 9.07. The molecule has 0 unspecified atom stereocenters. The number of methoxy groups -OCH3 is 1. The number of hydrogen-bond donors (Lipinski definition) is 1. The number of carbonyl (C=O) groups is 1. The number of ether oxygens (including phenoxy) is 1. The summed E-state index contributed by atoms with van der Waals surface area (Å²) in [5, 5.41) is 17.9. The van der Waals surface area contributed by atoms with Crippen LogP contribution >= 0.6 is 0 Å². The number of phenols is 1. The molecule has 0 aliphatic heterocycles. The van der Waals surface area contributed by atoms with Gasteiger partial charge in [0.25, 0.3) is 0 Å². The number of aldehydes is 1. The molecular weight excluding hydrogens is 170 g/mol. The van der Waals surface area contributed by atoms with E-state index < -0.39 is 0 Å². The van der Waals surface area contributed by atoms with Gasteiger partial charge < -0.3 is 9.84 Å². The Labute approximate surface area is 75.0 Å². The fourth-order valence-electron chi connectivity index (χ4n) is 1.01. The van der Waals surface area contributed by atoms with Crippen molar-refractivity contribution in [2.75, 3.05) is 7.11 Å². The first-order chi connectivity index (χ1) is 6.24. The van der Waals surface area contributed by atoms with Crippen LogP contribution < -0.4 is 4.74 Å². The second kappa shape index (κ2) is 3.59. The number of aromatic hydroxyl groups is 1. The molecule has 4 nitrogen and oxygen atoms in total. The van der Waals surface area contributed by atoms with E-state index in [9.17, 15) is 9.90 Å². The summed E-state index contributed by atoms with van der Waals surface area (Å²) < 4.78 is 4.78. The number of benzene rings is 1. The van der Waals surface area contributed by atoms with Crippen molar-refractivity contribution in [1.29, 1.82) is 5.26 Å². The average molecular weight is 177 g/mol. The zero-order valence-corrected chi connectivity index (χ0v) is 6.94. The van der Waals surface area contributed by atoms with Crippen molar-refractivity contribution in [2.24, 2.45) is 0 Å². The van der Waals surface area contributed by atoms with E-state index >= 15 is 0 Å². The van der Waals surface area contributed by atoms with Crippen molar-refractivity contribution in [2.45, 2.75) is 0 Å². The molecule has 0 heterocycles. The van der Waals surface area contributed by atoms with Gasteiger partial charge in [-0.15, -0.1) is 0 Å². The zero-order valence-electron chi connectivity index (χ0n) is 6.94. The molecule has 0 radical (unpaired) electrons. The Kier molecular flexibility index (Phi) is 2.50. The van der Waals surface area contributed by atoms with E-state index in [1.54, 1.807) is 6.07 Å². The van der Waals surface area contributed by atoms with Gasteiger partial charge in [0.1, 0.15) is 11.6 Å². The van der Waals surface area contributed by atoms with Crippen LogP contribution in [0.15, 0.2) is 12.1 Å². The highest BCUT2D eigenvalue weighted by Crippen LogP contribution is 2.30. The highest BCUT2D eigenvalue weighted by molar-refractivity contribution is 5.82.